The molecule has 2 aromatic rings. The van der Waals surface area contributed by atoms with E-state index in [2.05, 4.69) is 10.6 Å². The van der Waals surface area contributed by atoms with Gasteiger partial charge in [0.25, 0.3) is 5.91 Å². The first-order chi connectivity index (χ1) is 10.1. The summed E-state index contributed by atoms with van der Waals surface area (Å²) in [5.74, 6) is -0.525. The van der Waals surface area contributed by atoms with Crippen LogP contribution in [0.15, 0.2) is 42.5 Å². The van der Waals surface area contributed by atoms with E-state index in [4.69, 9.17) is 0 Å². The van der Waals surface area contributed by atoms with Crippen molar-refractivity contribution in [3.63, 3.8) is 0 Å². The minimum Gasteiger partial charge on any atom is -0.385 e. The summed E-state index contributed by atoms with van der Waals surface area (Å²) in [7, 11) is 0. The van der Waals surface area contributed by atoms with Crippen LogP contribution in [0.2, 0.25) is 0 Å². The second-order valence-electron chi connectivity index (χ2n) is 4.85. The molecule has 0 saturated heterocycles. The highest BCUT2D eigenvalue weighted by molar-refractivity contribution is 5.99. The number of hydrogen-bond acceptors (Lipinski definition) is 2. The van der Waals surface area contributed by atoms with Crippen LogP contribution in [0.4, 0.5) is 10.1 Å². The Labute approximate surface area is 124 Å². The van der Waals surface area contributed by atoms with Gasteiger partial charge in [0, 0.05) is 24.3 Å². The zero-order valence-corrected chi connectivity index (χ0v) is 12.2. The summed E-state index contributed by atoms with van der Waals surface area (Å²) in [5, 5.41) is 5.93. The maximum atomic E-state index is 13.5. The van der Waals surface area contributed by atoms with Gasteiger partial charge in [0.15, 0.2) is 0 Å². The molecule has 0 aliphatic rings. The molecule has 0 unspecified atom stereocenters. The van der Waals surface area contributed by atoms with Crippen LogP contribution >= 0.6 is 0 Å². The molecule has 1 amide bonds. The summed E-state index contributed by atoms with van der Waals surface area (Å²) >= 11 is 0. The van der Waals surface area contributed by atoms with Gasteiger partial charge in [0.05, 0.1) is 5.56 Å². The molecule has 21 heavy (non-hydrogen) atoms. The Bertz CT molecular complexity index is 640. The highest BCUT2D eigenvalue weighted by Crippen LogP contribution is 2.17. The van der Waals surface area contributed by atoms with Gasteiger partial charge in [-0.15, -0.1) is 0 Å². The topological polar surface area (TPSA) is 41.1 Å². The van der Waals surface area contributed by atoms with Gasteiger partial charge in [-0.05, 0) is 37.6 Å². The van der Waals surface area contributed by atoms with Crippen molar-refractivity contribution in [2.75, 3.05) is 11.9 Å². The Morgan fingerprint density at radius 3 is 2.67 bits per heavy atom. The zero-order chi connectivity index (χ0) is 15.2. The molecule has 3 nitrogen and oxygen atoms in total. The number of nitrogens with one attached hydrogen (secondary N) is 2. The number of halogens is 1. The van der Waals surface area contributed by atoms with E-state index < -0.39 is 0 Å². The van der Waals surface area contributed by atoms with Crippen molar-refractivity contribution < 1.29 is 9.18 Å². The smallest absolute Gasteiger partial charge is 0.253 e. The van der Waals surface area contributed by atoms with Gasteiger partial charge in [-0.3, -0.25) is 4.79 Å². The standard InChI is InChI=1S/C17H19FN2O/c1-3-19-16-10-12(2)8-9-14(16)17(21)20-11-13-6-4-5-7-15(13)18/h4-10,19H,3,11H2,1-2H3,(H,20,21). The monoisotopic (exact) mass is 286 g/mol. The van der Waals surface area contributed by atoms with E-state index in [1.165, 1.54) is 6.07 Å². The molecular weight excluding hydrogens is 267 g/mol. The van der Waals surface area contributed by atoms with Gasteiger partial charge in [-0.2, -0.15) is 0 Å². The predicted octanol–water partition coefficient (Wildman–Crippen LogP) is 3.50. The molecule has 0 fully saturated rings. The summed E-state index contributed by atoms with van der Waals surface area (Å²) in [4.78, 5) is 12.3. The van der Waals surface area contributed by atoms with E-state index in [1.54, 1.807) is 24.3 Å². The first kappa shape index (κ1) is 15.0. The summed E-state index contributed by atoms with van der Waals surface area (Å²) in [5.41, 5.74) is 2.92. The second-order valence-corrected chi connectivity index (χ2v) is 4.85. The summed E-state index contributed by atoms with van der Waals surface area (Å²) in [6.07, 6.45) is 0. The van der Waals surface area contributed by atoms with E-state index in [-0.39, 0.29) is 18.3 Å². The lowest BCUT2D eigenvalue weighted by Gasteiger charge is -2.12. The van der Waals surface area contributed by atoms with Crippen LogP contribution in [0.5, 0.6) is 0 Å². The molecule has 110 valence electrons. The third kappa shape index (κ3) is 3.81. The molecule has 0 aliphatic carbocycles. The number of benzene rings is 2. The molecule has 0 bridgehead atoms. The van der Waals surface area contributed by atoms with Crippen molar-refractivity contribution in [1.82, 2.24) is 5.32 Å². The van der Waals surface area contributed by atoms with Crippen molar-refractivity contribution in [1.29, 1.82) is 0 Å². The van der Waals surface area contributed by atoms with Crippen LogP contribution in [0, 0.1) is 12.7 Å². The average molecular weight is 286 g/mol. The SMILES string of the molecule is CCNc1cc(C)ccc1C(=O)NCc1ccccc1F. The number of hydrogen-bond donors (Lipinski definition) is 2. The molecular formula is C17H19FN2O. The highest BCUT2D eigenvalue weighted by atomic mass is 19.1. The van der Waals surface area contributed by atoms with E-state index in [1.807, 2.05) is 26.0 Å². The minimum atomic E-state index is -0.311. The second kappa shape index (κ2) is 6.88. The van der Waals surface area contributed by atoms with Crippen molar-refractivity contribution in [2.45, 2.75) is 20.4 Å². The number of anilines is 1. The number of rotatable bonds is 5. The Morgan fingerprint density at radius 1 is 1.19 bits per heavy atom. The van der Waals surface area contributed by atoms with Crippen LogP contribution in [-0.2, 0) is 6.54 Å². The third-order valence-corrected chi connectivity index (χ3v) is 3.18. The highest BCUT2D eigenvalue weighted by Gasteiger charge is 2.11. The molecule has 0 heterocycles. The van der Waals surface area contributed by atoms with Crippen molar-refractivity contribution in [3.05, 3.63) is 65.0 Å². The molecule has 0 spiro atoms. The van der Waals surface area contributed by atoms with Crippen molar-refractivity contribution in [3.8, 4) is 0 Å². The van der Waals surface area contributed by atoms with Gasteiger partial charge in [-0.1, -0.05) is 24.3 Å². The predicted molar refractivity (Wildman–Crippen MR) is 82.9 cm³/mol. The maximum Gasteiger partial charge on any atom is 0.253 e. The van der Waals surface area contributed by atoms with Crippen molar-refractivity contribution in [2.24, 2.45) is 0 Å². The van der Waals surface area contributed by atoms with E-state index in [9.17, 15) is 9.18 Å². The number of aryl methyl sites for hydroxylation is 1. The Hall–Kier alpha value is -2.36. The lowest BCUT2D eigenvalue weighted by Crippen LogP contribution is -2.24. The summed E-state index contributed by atoms with van der Waals surface area (Å²) in [6, 6.07) is 12.0. The van der Waals surface area contributed by atoms with Crippen LogP contribution in [-0.4, -0.2) is 12.5 Å². The maximum absolute atomic E-state index is 13.5. The molecule has 0 aliphatic heterocycles. The van der Waals surface area contributed by atoms with E-state index in [0.29, 0.717) is 11.1 Å². The number of amides is 1. The number of carbonyl (C=O) groups is 1. The van der Waals surface area contributed by atoms with Gasteiger partial charge in [0.2, 0.25) is 0 Å². The Kier molecular flexibility index (Phi) is 4.93. The molecule has 2 rings (SSSR count). The normalized spacial score (nSPS) is 10.2. The fourth-order valence-electron chi connectivity index (χ4n) is 2.11. The first-order valence-corrected chi connectivity index (χ1v) is 6.98. The Balaban J connectivity index is 2.12. The first-order valence-electron chi connectivity index (χ1n) is 6.98. The molecule has 0 radical (unpaired) electrons. The van der Waals surface area contributed by atoms with E-state index in [0.717, 1.165) is 17.8 Å². The van der Waals surface area contributed by atoms with E-state index >= 15 is 0 Å². The zero-order valence-electron chi connectivity index (χ0n) is 12.2. The van der Waals surface area contributed by atoms with Gasteiger partial charge < -0.3 is 10.6 Å². The molecule has 0 atom stereocenters. The largest absolute Gasteiger partial charge is 0.385 e. The quantitative estimate of drug-likeness (QED) is 0.883. The summed E-state index contributed by atoms with van der Waals surface area (Å²) < 4.78 is 13.5. The van der Waals surface area contributed by atoms with Crippen molar-refractivity contribution >= 4 is 11.6 Å². The molecule has 0 saturated carbocycles. The average Bonchev–Trinajstić information content (AvgIpc) is 2.46. The molecule has 4 heteroatoms. The lowest BCUT2D eigenvalue weighted by molar-refractivity contribution is 0.0951. The summed E-state index contributed by atoms with van der Waals surface area (Å²) in [6.45, 7) is 4.85. The van der Waals surface area contributed by atoms with Gasteiger partial charge in [-0.25, -0.2) is 4.39 Å². The Morgan fingerprint density at radius 2 is 1.95 bits per heavy atom. The van der Waals surface area contributed by atoms with Crippen LogP contribution in [0.25, 0.3) is 0 Å². The van der Waals surface area contributed by atoms with Crippen LogP contribution in [0.3, 0.4) is 0 Å². The lowest BCUT2D eigenvalue weighted by atomic mass is 10.1. The van der Waals surface area contributed by atoms with Gasteiger partial charge >= 0.3 is 0 Å². The molecule has 0 aromatic heterocycles. The fraction of sp³-hybridized carbons (Fsp3) is 0.235. The number of carbonyl (C=O) groups excluding carboxylic acids is 1. The third-order valence-electron chi connectivity index (χ3n) is 3.18. The minimum absolute atomic E-state index is 0.172. The van der Waals surface area contributed by atoms with Gasteiger partial charge in [0.1, 0.15) is 5.82 Å². The van der Waals surface area contributed by atoms with Crippen LogP contribution in [0.1, 0.15) is 28.4 Å². The molecule has 2 aromatic carbocycles. The molecule has 2 N–H and O–H groups in total. The van der Waals surface area contributed by atoms with Crippen LogP contribution < -0.4 is 10.6 Å². The fourth-order valence-corrected chi connectivity index (χ4v) is 2.11.